The molecule has 106 valence electrons. The molecule has 1 amide bonds. The van der Waals surface area contributed by atoms with E-state index in [1.807, 2.05) is 0 Å². The highest BCUT2D eigenvalue weighted by Gasteiger charge is 2.34. The van der Waals surface area contributed by atoms with E-state index < -0.39 is 23.2 Å². The maximum absolute atomic E-state index is 12.7. The first-order chi connectivity index (χ1) is 8.57. The molecule has 1 N–H and O–H groups in total. The normalized spacial score (nSPS) is 12.4. The van der Waals surface area contributed by atoms with Gasteiger partial charge in [-0.3, -0.25) is 4.79 Å². The van der Waals surface area contributed by atoms with Gasteiger partial charge in [-0.2, -0.15) is 13.2 Å². The van der Waals surface area contributed by atoms with Crippen LogP contribution in [0.4, 0.5) is 13.2 Å². The largest absolute Gasteiger partial charge is 0.417 e. The van der Waals surface area contributed by atoms with Gasteiger partial charge in [0.25, 0.3) is 5.91 Å². The fourth-order valence-corrected chi connectivity index (χ4v) is 1.83. The van der Waals surface area contributed by atoms with E-state index in [0.29, 0.717) is 0 Å². The van der Waals surface area contributed by atoms with Crippen LogP contribution in [0.25, 0.3) is 0 Å². The quantitative estimate of drug-likeness (QED) is 0.806. The topological polar surface area (TPSA) is 29.1 Å². The van der Waals surface area contributed by atoms with Gasteiger partial charge in [-0.25, -0.2) is 0 Å². The molecule has 1 aromatic carbocycles. The lowest BCUT2D eigenvalue weighted by atomic mass is 10.1. The molecule has 0 aliphatic rings. The minimum absolute atomic E-state index is 0.0614. The van der Waals surface area contributed by atoms with Crippen LogP contribution in [-0.2, 0) is 6.18 Å². The maximum atomic E-state index is 12.7. The minimum atomic E-state index is -4.52. The summed E-state index contributed by atoms with van der Waals surface area (Å²) in [5.41, 5.74) is -1.64. The van der Waals surface area contributed by atoms with E-state index in [1.165, 1.54) is 12.1 Å². The van der Waals surface area contributed by atoms with Gasteiger partial charge in [-0.15, -0.1) is 11.6 Å². The summed E-state index contributed by atoms with van der Waals surface area (Å²) in [5.74, 6) is -0.440. The van der Waals surface area contributed by atoms with Gasteiger partial charge in [0.1, 0.15) is 0 Å². The van der Waals surface area contributed by atoms with Crippen molar-refractivity contribution in [2.45, 2.75) is 25.6 Å². The summed E-state index contributed by atoms with van der Waals surface area (Å²) in [6, 6.07) is 3.33. The minimum Gasteiger partial charge on any atom is -0.346 e. The average Bonchev–Trinajstić information content (AvgIpc) is 2.27. The Morgan fingerprint density at radius 1 is 1.37 bits per heavy atom. The number of alkyl halides is 4. The number of halogens is 5. The molecule has 0 aromatic heterocycles. The molecule has 2 nitrogen and oxygen atoms in total. The number of hydrogen-bond donors (Lipinski definition) is 1. The fourth-order valence-electron chi connectivity index (χ4n) is 1.30. The summed E-state index contributed by atoms with van der Waals surface area (Å²) < 4.78 is 38.0. The molecular formula is C12H12BrClF3NO. The fraction of sp³-hybridized carbons (Fsp3) is 0.417. The third kappa shape index (κ3) is 4.38. The highest BCUT2D eigenvalue weighted by atomic mass is 79.9. The van der Waals surface area contributed by atoms with E-state index in [-0.39, 0.29) is 15.9 Å². The average molecular weight is 359 g/mol. The Bertz CT molecular complexity index is 488. The van der Waals surface area contributed by atoms with Gasteiger partial charge < -0.3 is 5.32 Å². The van der Waals surface area contributed by atoms with Gasteiger partial charge in [0.05, 0.1) is 5.56 Å². The summed E-state index contributed by atoms with van der Waals surface area (Å²) in [4.78, 5) is 11.9. The molecule has 0 radical (unpaired) electrons. The van der Waals surface area contributed by atoms with Crippen molar-refractivity contribution >= 4 is 33.4 Å². The smallest absolute Gasteiger partial charge is 0.346 e. The van der Waals surface area contributed by atoms with Crippen molar-refractivity contribution in [3.8, 4) is 0 Å². The molecule has 0 unspecified atom stereocenters. The van der Waals surface area contributed by atoms with Crippen molar-refractivity contribution in [1.29, 1.82) is 0 Å². The second-order valence-corrected chi connectivity index (χ2v) is 5.79. The Kier molecular flexibility index (Phi) is 4.90. The highest BCUT2D eigenvalue weighted by molar-refractivity contribution is 9.10. The molecule has 0 bridgehead atoms. The standard InChI is InChI=1S/C12H12BrClF3NO/c1-11(2,6-14)18-10(19)7-3-4-9(13)8(5-7)12(15,16)17/h3-5H,6H2,1-2H3,(H,18,19). The number of rotatable bonds is 3. The number of hydrogen-bond acceptors (Lipinski definition) is 1. The number of carbonyl (C=O) groups excluding carboxylic acids is 1. The summed E-state index contributed by atoms with van der Waals surface area (Å²) >= 11 is 8.47. The first kappa shape index (κ1) is 16.3. The third-order valence-corrected chi connectivity index (χ3v) is 3.68. The number of amides is 1. The second kappa shape index (κ2) is 5.71. The lowest BCUT2D eigenvalue weighted by Crippen LogP contribution is -2.44. The van der Waals surface area contributed by atoms with Gasteiger partial charge >= 0.3 is 6.18 Å². The Morgan fingerprint density at radius 2 is 1.95 bits per heavy atom. The molecule has 0 aliphatic heterocycles. The Morgan fingerprint density at radius 3 is 2.42 bits per heavy atom. The van der Waals surface area contributed by atoms with E-state index in [0.717, 1.165) is 6.07 Å². The molecule has 0 aliphatic carbocycles. The lowest BCUT2D eigenvalue weighted by molar-refractivity contribution is -0.138. The van der Waals surface area contributed by atoms with Crippen LogP contribution < -0.4 is 5.32 Å². The molecule has 1 aromatic rings. The van der Waals surface area contributed by atoms with Crippen LogP contribution in [-0.4, -0.2) is 17.3 Å². The predicted octanol–water partition coefficient (Wildman–Crippen LogP) is 4.22. The van der Waals surface area contributed by atoms with Gasteiger partial charge in [-0.05, 0) is 32.0 Å². The van der Waals surface area contributed by atoms with Crippen molar-refractivity contribution in [3.63, 3.8) is 0 Å². The van der Waals surface area contributed by atoms with E-state index in [2.05, 4.69) is 21.2 Å². The van der Waals surface area contributed by atoms with Crippen molar-refractivity contribution in [1.82, 2.24) is 5.32 Å². The zero-order chi connectivity index (χ0) is 14.8. The third-order valence-electron chi connectivity index (χ3n) is 2.32. The van der Waals surface area contributed by atoms with Gasteiger partial charge in [0.15, 0.2) is 0 Å². The Balaban J connectivity index is 3.07. The molecule has 19 heavy (non-hydrogen) atoms. The van der Waals surface area contributed by atoms with E-state index >= 15 is 0 Å². The van der Waals surface area contributed by atoms with Crippen LogP contribution in [0.3, 0.4) is 0 Å². The monoisotopic (exact) mass is 357 g/mol. The number of benzene rings is 1. The van der Waals surface area contributed by atoms with Crippen LogP contribution in [0, 0.1) is 0 Å². The molecule has 0 atom stereocenters. The van der Waals surface area contributed by atoms with Crippen LogP contribution in [0.2, 0.25) is 0 Å². The second-order valence-electron chi connectivity index (χ2n) is 4.66. The molecular weight excluding hydrogens is 346 g/mol. The summed E-state index contributed by atoms with van der Waals surface area (Å²) in [7, 11) is 0. The summed E-state index contributed by atoms with van der Waals surface area (Å²) in [6.45, 7) is 3.36. The molecule has 0 saturated carbocycles. The van der Waals surface area contributed by atoms with Gasteiger partial charge in [0.2, 0.25) is 0 Å². The Hall–Kier alpha value is -0.750. The van der Waals surface area contributed by atoms with Gasteiger partial charge in [0, 0.05) is 21.5 Å². The van der Waals surface area contributed by atoms with Crippen molar-refractivity contribution in [3.05, 3.63) is 33.8 Å². The van der Waals surface area contributed by atoms with Crippen LogP contribution >= 0.6 is 27.5 Å². The molecule has 0 saturated heterocycles. The van der Waals surface area contributed by atoms with Crippen molar-refractivity contribution in [2.75, 3.05) is 5.88 Å². The Labute approximate surface area is 122 Å². The first-order valence-corrected chi connectivity index (χ1v) is 6.65. The van der Waals surface area contributed by atoms with Crippen LogP contribution in [0.15, 0.2) is 22.7 Å². The molecule has 7 heteroatoms. The van der Waals surface area contributed by atoms with Crippen LogP contribution in [0.1, 0.15) is 29.8 Å². The van der Waals surface area contributed by atoms with E-state index in [4.69, 9.17) is 11.6 Å². The van der Waals surface area contributed by atoms with E-state index in [9.17, 15) is 18.0 Å². The zero-order valence-corrected chi connectivity index (χ0v) is 12.6. The number of nitrogens with one attached hydrogen (secondary N) is 1. The molecule has 0 spiro atoms. The molecule has 0 heterocycles. The zero-order valence-electron chi connectivity index (χ0n) is 10.2. The summed E-state index contributed by atoms with van der Waals surface area (Å²) in [5, 5.41) is 2.57. The molecule has 1 rings (SSSR count). The first-order valence-electron chi connectivity index (χ1n) is 5.32. The van der Waals surface area contributed by atoms with Crippen molar-refractivity contribution < 1.29 is 18.0 Å². The highest BCUT2D eigenvalue weighted by Crippen LogP contribution is 2.35. The molecule has 0 fully saturated rings. The summed E-state index contributed by atoms with van der Waals surface area (Å²) in [6.07, 6.45) is -4.52. The van der Waals surface area contributed by atoms with Crippen molar-refractivity contribution in [2.24, 2.45) is 0 Å². The lowest BCUT2D eigenvalue weighted by Gasteiger charge is -2.23. The van der Waals surface area contributed by atoms with Gasteiger partial charge in [-0.1, -0.05) is 15.9 Å². The predicted molar refractivity (Wildman–Crippen MR) is 71.4 cm³/mol. The maximum Gasteiger partial charge on any atom is 0.417 e. The van der Waals surface area contributed by atoms with E-state index in [1.54, 1.807) is 13.8 Å². The van der Waals surface area contributed by atoms with Crippen LogP contribution in [0.5, 0.6) is 0 Å². The number of carbonyl (C=O) groups is 1. The SMILES string of the molecule is CC(C)(CCl)NC(=O)c1ccc(Br)c(C(F)(F)F)c1.